The molecule has 0 saturated heterocycles. The fraction of sp³-hybridized carbons (Fsp3) is 0.333. The number of carbonyl (C=O) groups is 2. The largest absolute Gasteiger partial charge is 0.481 e. The Morgan fingerprint density at radius 3 is 2.25 bits per heavy atom. The second kappa shape index (κ2) is 6.65. The number of aliphatic carboxylic acids is 1. The fourth-order valence-corrected chi connectivity index (χ4v) is 2.11. The lowest BCUT2D eigenvalue weighted by molar-refractivity contribution is -0.137. The van der Waals surface area contributed by atoms with Crippen molar-refractivity contribution in [2.75, 3.05) is 0 Å². The Labute approximate surface area is 117 Å². The van der Waals surface area contributed by atoms with Crippen molar-refractivity contribution in [1.82, 2.24) is 5.32 Å². The number of nitrogens with one attached hydrogen (secondary N) is 1. The molecule has 1 aromatic carbocycles. The normalized spacial score (nSPS) is 12.8. The van der Waals surface area contributed by atoms with Crippen LogP contribution in [0.3, 0.4) is 0 Å². The van der Waals surface area contributed by atoms with Gasteiger partial charge in [0.05, 0.1) is 12.5 Å². The minimum absolute atomic E-state index is 0.00171. The Balaban J connectivity index is 2.86. The van der Waals surface area contributed by atoms with Gasteiger partial charge in [0.1, 0.15) is 0 Å². The van der Waals surface area contributed by atoms with Gasteiger partial charge in [0.2, 0.25) is 5.91 Å². The second-order valence-corrected chi connectivity index (χ2v) is 5.11. The first kappa shape index (κ1) is 16.4. The van der Waals surface area contributed by atoms with Gasteiger partial charge in [-0.1, -0.05) is 12.1 Å². The van der Waals surface area contributed by atoms with Crippen LogP contribution in [0.1, 0.15) is 24.9 Å². The molecule has 1 aromatic rings. The maximum absolute atomic E-state index is 12.2. The van der Waals surface area contributed by atoms with Gasteiger partial charge in [-0.25, -0.2) is 0 Å². The summed E-state index contributed by atoms with van der Waals surface area (Å²) in [5.74, 6) is -1.53. The fourth-order valence-electron chi connectivity index (χ4n) is 1.57. The molecule has 0 spiro atoms. The van der Waals surface area contributed by atoms with Gasteiger partial charge in [-0.15, -0.1) is 0 Å². The van der Waals surface area contributed by atoms with E-state index in [1.807, 2.05) is 0 Å². The highest BCUT2D eigenvalue weighted by atomic mass is 32.2. The molecule has 0 aliphatic carbocycles. The molecule has 0 saturated carbocycles. The number of thioether (sulfide) groups is 1. The monoisotopic (exact) mass is 307 g/mol. The zero-order valence-corrected chi connectivity index (χ0v) is 11.2. The molecule has 110 valence electrons. The van der Waals surface area contributed by atoms with Crippen LogP contribution in [0.2, 0.25) is 0 Å². The van der Waals surface area contributed by atoms with E-state index in [9.17, 15) is 22.8 Å². The molecule has 2 N–H and O–H groups in total. The van der Waals surface area contributed by atoms with Gasteiger partial charge in [-0.05, 0) is 29.5 Å². The molecule has 4 nitrogen and oxygen atoms in total. The Morgan fingerprint density at radius 1 is 1.30 bits per heavy atom. The number of benzene rings is 1. The summed E-state index contributed by atoms with van der Waals surface area (Å²) in [6.45, 7) is 1.24. The second-order valence-electron chi connectivity index (χ2n) is 3.97. The number of hydrogen-bond acceptors (Lipinski definition) is 3. The van der Waals surface area contributed by atoms with Gasteiger partial charge in [0.25, 0.3) is 0 Å². The summed E-state index contributed by atoms with van der Waals surface area (Å²) in [4.78, 5) is 21.7. The lowest BCUT2D eigenvalue weighted by atomic mass is 10.0. The SMILES string of the molecule is CC(=O)NC(CC(=O)O)c1ccc(SC(F)(F)F)cc1. The molecule has 1 amide bonds. The molecular weight excluding hydrogens is 295 g/mol. The predicted molar refractivity (Wildman–Crippen MR) is 67.2 cm³/mol. The van der Waals surface area contributed by atoms with Crippen molar-refractivity contribution >= 4 is 23.6 Å². The van der Waals surface area contributed by atoms with E-state index in [1.165, 1.54) is 31.2 Å². The van der Waals surface area contributed by atoms with E-state index in [0.29, 0.717) is 5.56 Å². The summed E-state index contributed by atoms with van der Waals surface area (Å²) in [5, 5.41) is 11.2. The number of alkyl halides is 3. The van der Waals surface area contributed by atoms with Crippen LogP contribution in [-0.4, -0.2) is 22.5 Å². The minimum Gasteiger partial charge on any atom is -0.481 e. The number of carboxylic acid groups (broad SMARTS) is 1. The molecule has 0 bridgehead atoms. The number of carboxylic acids is 1. The molecule has 20 heavy (non-hydrogen) atoms. The third kappa shape index (κ3) is 5.96. The zero-order valence-electron chi connectivity index (χ0n) is 10.4. The van der Waals surface area contributed by atoms with Crippen LogP contribution in [0.4, 0.5) is 13.2 Å². The van der Waals surface area contributed by atoms with Crippen LogP contribution in [0, 0.1) is 0 Å². The van der Waals surface area contributed by atoms with Crippen molar-refractivity contribution in [3.05, 3.63) is 29.8 Å². The topological polar surface area (TPSA) is 66.4 Å². The summed E-state index contributed by atoms with van der Waals surface area (Å²) in [6, 6.07) is 4.46. The van der Waals surface area contributed by atoms with Crippen molar-refractivity contribution in [2.45, 2.75) is 29.8 Å². The van der Waals surface area contributed by atoms with Crippen LogP contribution < -0.4 is 5.32 Å². The summed E-state index contributed by atoms with van der Waals surface area (Å²) in [7, 11) is 0. The molecule has 0 aliphatic heterocycles. The van der Waals surface area contributed by atoms with E-state index in [-0.39, 0.29) is 23.1 Å². The van der Waals surface area contributed by atoms with Gasteiger partial charge in [-0.3, -0.25) is 9.59 Å². The summed E-state index contributed by atoms with van der Waals surface area (Å²) in [6.07, 6.45) is -0.342. The molecule has 0 fully saturated rings. The summed E-state index contributed by atoms with van der Waals surface area (Å²) in [5.41, 5.74) is -3.94. The van der Waals surface area contributed by atoms with E-state index in [1.54, 1.807) is 0 Å². The van der Waals surface area contributed by atoms with E-state index >= 15 is 0 Å². The molecule has 0 aromatic heterocycles. The van der Waals surface area contributed by atoms with Gasteiger partial charge >= 0.3 is 11.5 Å². The summed E-state index contributed by atoms with van der Waals surface area (Å²) >= 11 is -0.255. The number of amides is 1. The maximum atomic E-state index is 12.2. The molecule has 0 heterocycles. The first-order chi connectivity index (χ1) is 9.17. The van der Waals surface area contributed by atoms with Gasteiger partial charge in [-0.2, -0.15) is 13.2 Å². The average molecular weight is 307 g/mol. The van der Waals surface area contributed by atoms with Crippen molar-refractivity contribution in [3.63, 3.8) is 0 Å². The Bertz CT molecular complexity index is 472. The first-order valence-corrected chi connectivity index (χ1v) is 6.33. The van der Waals surface area contributed by atoms with Gasteiger partial charge < -0.3 is 10.4 Å². The number of halogens is 3. The number of hydrogen-bond donors (Lipinski definition) is 2. The molecule has 8 heteroatoms. The zero-order chi connectivity index (χ0) is 15.3. The standard InChI is InChI=1S/C12H12F3NO3S/c1-7(17)16-10(6-11(18)19)8-2-4-9(5-3-8)20-12(13,14)15/h2-5,10H,6H2,1H3,(H,16,17)(H,18,19). The minimum atomic E-state index is -4.38. The highest BCUT2D eigenvalue weighted by molar-refractivity contribution is 8.00. The smallest absolute Gasteiger partial charge is 0.446 e. The molecule has 1 rings (SSSR count). The quantitative estimate of drug-likeness (QED) is 0.821. The molecular formula is C12H12F3NO3S. The van der Waals surface area contributed by atoms with Crippen molar-refractivity contribution < 1.29 is 27.9 Å². The highest BCUT2D eigenvalue weighted by Crippen LogP contribution is 2.37. The van der Waals surface area contributed by atoms with Crippen LogP contribution in [0.25, 0.3) is 0 Å². The Kier molecular flexibility index (Phi) is 5.43. The van der Waals surface area contributed by atoms with E-state index in [4.69, 9.17) is 5.11 Å². The van der Waals surface area contributed by atoms with Crippen molar-refractivity contribution in [1.29, 1.82) is 0 Å². The number of carbonyl (C=O) groups excluding carboxylic acids is 1. The molecule has 0 radical (unpaired) electrons. The highest BCUT2D eigenvalue weighted by Gasteiger charge is 2.29. The first-order valence-electron chi connectivity index (χ1n) is 5.52. The predicted octanol–water partition coefficient (Wildman–Crippen LogP) is 2.95. The van der Waals surface area contributed by atoms with Gasteiger partial charge in [0, 0.05) is 11.8 Å². The number of rotatable bonds is 5. The molecule has 1 atom stereocenters. The average Bonchev–Trinajstić information content (AvgIpc) is 2.25. The van der Waals surface area contributed by atoms with Crippen molar-refractivity contribution in [3.8, 4) is 0 Å². The van der Waals surface area contributed by atoms with Crippen LogP contribution in [0.15, 0.2) is 29.2 Å². The maximum Gasteiger partial charge on any atom is 0.446 e. The Hall–Kier alpha value is -1.70. The van der Waals surface area contributed by atoms with Crippen molar-refractivity contribution in [2.24, 2.45) is 0 Å². The lowest BCUT2D eigenvalue weighted by Crippen LogP contribution is -2.27. The third-order valence-corrected chi connectivity index (χ3v) is 3.01. The van der Waals surface area contributed by atoms with E-state index < -0.39 is 23.4 Å². The Morgan fingerprint density at radius 2 is 1.85 bits per heavy atom. The lowest BCUT2D eigenvalue weighted by Gasteiger charge is -2.16. The van der Waals surface area contributed by atoms with Crippen LogP contribution in [0.5, 0.6) is 0 Å². The molecule has 1 unspecified atom stereocenters. The third-order valence-electron chi connectivity index (χ3n) is 2.27. The van der Waals surface area contributed by atoms with Gasteiger partial charge in [0.15, 0.2) is 0 Å². The molecule has 0 aliphatic rings. The van der Waals surface area contributed by atoms with E-state index in [0.717, 1.165) is 0 Å². The summed E-state index contributed by atoms with van der Waals surface area (Å²) < 4.78 is 36.5. The van der Waals surface area contributed by atoms with E-state index in [2.05, 4.69) is 5.32 Å². The van der Waals surface area contributed by atoms with Crippen LogP contribution >= 0.6 is 11.8 Å². The van der Waals surface area contributed by atoms with Crippen LogP contribution in [-0.2, 0) is 9.59 Å².